The van der Waals surface area contributed by atoms with Crippen molar-refractivity contribution in [1.82, 2.24) is 9.88 Å². The first-order valence-corrected chi connectivity index (χ1v) is 7.90. The fourth-order valence-electron chi connectivity index (χ4n) is 2.71. The largest absolute Gasteiger partial charge is 0.369 e. The van der Waals surface area contributed by atoms with Gasteiger partial charge in [0, 0.05) is 44.8 Å². The Labute approximate surface area is 138 Å². The number of aromatic nitrogens is 1. The number of amides is 1. The molecule has 0 saturated carbocycles. The lowest BCUT2D eigenvalue weighted by Gasteiger charge is -2.43. The first kappa shape index (κ1) is 17.7. The van der Waals surface area contributed by atoms with E-state index in [0.29, 0.717) is 6.61 Å². The summed E-state index contributed by atoms with van der Waals surface area (Å²) in [7, 11) is 3.44. The van der Waals surface area contributed by atoms with Crippen molar-refractivity contribution >= 4 is 11.6 Å². The van der Waals surface area contributed by atoms with E-state index in [4.69, 9.17) is 9.47 Å². The fraction of sp³-hybridized carbons (Fsp3) is 0.647. The van der Waals surface area contributed by atoms with Crippen LogP contribution in [0.25, 0.3) is 0 Å². The van der Waals surface area contributed by atoms with Crippen LogP contribution < -0.4 is 4.90 Å². The summed E-state index contributed by atoms with van der Waals surface area (Å²) < 4.78 is 11.6. The molecule has 0 radical (unpaired) electrons. The zero-order valence-corrected chi connectivity index (χ0v) is 14.7. The Morgan fingerprint density at radius 3 is 2.91 bits per heavy atom. The molecule has 2 rings (SSSR count). The Morgan fingerprint density at radius 2 is 2.26 bits per heavy atom. The van der Waals surface area contributed by atoms with E-state index in [2.05, 4.69) is 29.8 Å². The van der Waals surface area contributed by atoms with Gasteiger partial charge in [0.2, 0.25) is 5.91 Å². The average molecular weight is 321 g/mol. The molecule has 0 aliphatic carbocycles. The van der Waals surface area contributed by atoms with E-state index in [1.165, 1.54) is 4.90 Å². The van der Waals surface area contributed by atoms with Crippen molar-refractivity contribution in [2.75, 3.05) is 45.3 Å². The van der Waals surface area contributed by atoms with Gasteiger partial charge in [-0.05, 0) is 32.9 Å². The zero-order valence-electron chi connectivity index (χ0n) is 14.7. The van der Waals surface area contributed by atoms with Gasteiger partial charge in [-0.2, -0.15) is 0 Å². The molecule has 1 aliphatic rings. The minimum atomic E-state index is -0.269. The SMILES string of the molecule is Cc1cc(N2C[C@@H](COCC(=O)N(C)C)OC(C)(C)C2)ccn1. The summed E-state index contributed by atoms with van der Waals surface area (Å²) in [4.78, 5) is 19.6. The van der Waals surface area contributed by atoms with E-state index >= 15 is 0 Å². The summed E-state index contributed by atoms with van der Waals surface area (Å²) in [6.45, 7) is 8.18. The molecule has 6 heteroatoms. The predicted octanol–water partition coefficient (Wildman–Crippen LogP) is 1.48. The van der Waals surface area contributed by atoms with Crippen LogP contribution in [0.4, 0.5) is 5.69 Å². The third-order valence-corrected chi connectivity index (χ3v) is 3.75. The van der Waals surface area contributed by atoms with E-state index in [-0.39, 0.29) is 24.2 Å². The smallest absolute Gasteiger partial charge is 0.248 e. The maximum atomic E-state index is 11.6. The van der Waals surface area contributed by atoms with Crippen LogP contribution in [0, 0.1) is 6.92 Å². The van der Waals surface area contributed by atoms with Crippen molar-refractivity contribution in [3.63, 3.8) is 0 Å². The molecule has 1 fully saturated rings. The second-order valence-corrected chi connectivity index (χ2v) is 6.84. The number of rotatable bonds is 5. The minimum Gasteiger partial charge on any atom is -0.369 e. The van der Waals surface area contributed by atoms with E-state index in [1.54, 1.807) is 14.1 Å². The molecule has 0 spiro atoms. The molecule has 1 atom stereocenters. The highest BCUT2D eigenvalue weighted by Gasteiger charge is 2.33. The third kappa shape index (κ3) is 5.18. The van der Waals surface area contributed by atoms with Crippen LogP contribution >= 0.6 is 0 Å². The highest BCUT2D eigenvalue weighted by Crippen LogP contribution is 2.26. The lowest BCUT2D eigenvalue weighted by molar-refractivity contribution is -0.139. The summed E-state index contributed by atoms with van der Waals surface area (Å²) in [5, 5.41) is 0. The predicted molar refractivity (Wildman–Crippen MR) is 89.7 cm³/mol. The molecule has 6 nitrogen and oxygen atoms in total. The van der Waals surface area contributed by atoms with Gasteiger partial charge in [0.05, 0.1) is 18.3 Å². The third-order valence-electron chi connectivity index (χ3n) is 3.75. The molecule has 128 valence electrons. The summed E-state index contributed by atoms with van der Waals surface area (Å²) in [6.07, 6.45) is 1.76. The van der Waals surface area contributed by atoms with E-state index in [1.807, 2.05) is 19.2 Å². The number of aryl methyl sites for hydroxylation is 1. The summed E-state index contributed by atoms with van der Waals surface area (Å²) in [5.41, 5.74) is 1.87. The van der Waals surface area contributed by atoms with E-state index < -0.39 is 0 Å². The molecule has 0 N–H and O–H groups in total. The number of anilines is 1. The van der Waals surface area contributed by atoms with Crippen LogP contribution in [0.1, 0.15) is 19.5 Å². The molecule has 23 heavy (non-hydrogen) atoms. The molecule has 1 saturated heterocycles. The number of nitrogens with zero attached hydrogens (tertiary/aromatic N) is 3. The number of pyridine rings is 1. The fourth-order valence-corrected chi connectivity index (χ4v) is 2.71. The normalized spacial score (nSPS) is 20.4. The van der Waals surface area contributed by atoms with Crippen LogP contribution in [0.3, 0.4) is 0 Å². The number of carbonyl (C=O) groups is 1. The van der Waals surface area contributed by atoms with Gasteiger partial charge in [0.25, 0.3) is 0 Å². The van der Waals surface area contributed by atoms with Gasteiger partial charge in [-0.25, -0.2) is 0 Å². The summed E-state index contributed by atoms with van der Waals surface area (Å²) in [6, 6.07) is 4.09. The van der Waals surface area contributed by atoms with Gasteiger partial charge < -0.3 is 19.3 Å². The number of carbonyl (C=O) groups excluding carboxylic acids is 1. The molecular formula is C17H27N3O3. The number of hydrogen-bond donors (Lipinski definition) is 0. The molecule has 1 aromatic heterocycles. The maximum Gasteiger partial charge on any atom is 0.248 e. The first-order chi connectivity index (χ1) is 10.8. The van der Waals surface area contributed by atoms with Gasteiger partial charge in [0.15, 0.2) is 0 Å². The topological polar surface area (TPSA) is 54.9 Å². The Bertz CT molecular complexity index is 546. The zero-order chi connectivity index (χ0) is 17.0. The Balaban J connectivity index is 1.97. The average Bonchev–Trinajstić information content (AvgIpc) is 2.45. The number of ether oxygens (including phenoxy) is 2. The van der Waals surface area contributed by atoms with Crippen molar-refractivity contribution in [3.05, 3.63) is 24.0 Å². The maximum absolute atomic E-state index is 11.6. The van der Waals surface area contributed by atoms with Crippen LogP contribution in [-0.4, -0.2) is 67.9 Å². The van der Waals surface area contributed by atoms with Crippen LogP contribution in [0.2, 0.25) is 0 Å². The van der Waals surface area contributed by atoms with E-state index in [9.17, 15) is 4.79 Å². The van der Waals surface area contributed by atoms with Crippen molar-refractivity contribution in [2.24, 2.45) is 0 Å². The highest BCUT2D eigenvalue weighted by molar-refractivity contribution is 5.76. The molecule has 1 aromatic rings. The van der Waals surface area contributed by atoms with Gasteiger partial charge in [-0.15, -0.1) is 0 Å². The highest BCUT2D eigenvalue weighted by atomic mass is 16.5. The van der Waals surface area contributed by atoms with Crippen LogP contribution in [-0.2, 0) is 14.3 Å². The van der Waals surface area contributed by atoms with Crippen molar-refractivity contribution < 1.29 is 14.3 Å². The molecule has 0 unspecified atom stereocenters. The minimum absolute atomic E-state index is 0.0401. The second-order valence-electron chi connectivity index (χ2n) is 6.84. The number of morpholine rings is 1. The van der Waals surface area contributed by atoms with Gasteiger partial charge >= 0.3 is 0 Å². The Hall–Kier alpha value is -1.66. The number of likely N-dealkylation sites (N-methyl/N-ethyl adjacent to an activating group) is 1. The second kappa shape index (κ2) is 7.27. The van der Waals surface area contributed by atoms with Crippen molar-refractivity contribution in [3.8, 4) is 0 Å². The van der Waals surface area contributed by atoms with Crippen molar-refractivity contribution in [1.29, 1.82) is 0 Å². The summed E-state index contributed by atoms with van der Waals surface area (Å²) in [5.74, 6) is -0.0401. The monoisotopic (exact) mass is 321 g/mol. The Morgan fingerprint density at radius 1 is 1.52 bits per heavy atom. The first-order valence-electron chi connectivity index (χ1n) is 7.90. The van der Waals surface area contributed by atoms with Crippen LogP contribution in [0.15, 0.2) is 18.3 Å². The summed E-state index contributed by atoms with van der Waals surface area (Å²) >= 11 is 0. The number of hydrogen-bond acceptors (Lipinski definition) is 5. The lowest BCUT2D eigenvalue weighted by atomic mass is 10.0. The lowest BCUT2D eigenvalue weighted by Crippen LogP contribution is -2.54. The standard InChI is InChI=1S/C17H27N3O3/c1-13-8-14(6-7-18-13)20-9-15(23-17(2,3)12-20)10-22-11-16(21)19(4)5/h6-8,15H,9-12H2,1-5H3/t15-/m0/s1. The van der Waals surface area contributed by atoms with Gasteiger partial charge in [0.1, 0.15) is 6.61 Å². The molecule has 1 aliphatic heterocycles. The molecular weight excluding hydrogens is 294 g/mol. The quantitative estimate of drug-likeness (QED) is 0.822. The molecule has 1 amide bonds. The van der Waals surface area contributed by atoms with Gasteiger partial charge in [-0.1, -0.05) is 0 Å². The van der Waals surface area contributed by atoms with Crippen molar-refractivity contribution in [2.45, 2.75) is 32.5 Å². The Kier molecular flexibility index (Phi) is 5.59. The van der Waals surface area contributed by atoms with Gasteiger partial charge in [-0.3, -0.25) is 9.78 Å². The van der Waals surface area contributed by atoms with Crippen LogP contribution in [0.5, 0.6) is 0 Å². The molecule has 0 bridgehead atoms. The molecule has 2 heterocycles. The van der Waals surface area contributed by atoms with E-state index in [0.717, 1.165) is 24.5 Å². The molecule has 0 aromatic carbocycles.